The Morgan fingerprint density at radius 2 is 0.952 bits per heavy atom. The Morgan fingerprint density at radius 1 is 0.619 bits per heavy atom. The van der Waals surface area contributed by atoms with E-state index in [0.717, 1.165) is 19.6 Å². The van der Waals surface area contributed by atoms with Crippen LogP contribution >= 0.6 is 0 Å². The van der Waals surface area contributed by atoms with Crippen molar-refractivity contribution in [3.63, 3.8) is 0 Å². The highest BCUT2D eigenvalue weighted by Gasteiger charge is 2.03. The van der Waals surface area contributed by atoms with E-state index in [0.29, 0.717) is 66.1 Å². The van der Waals surface area contributed by atoms with Crippen LogP contribution in [0.15, 0.2) is 12.7 Å². The summed E-state index contributed by atoms with van der Waals surface area (Å²) >= 11 is 0. The monoisotopic (exact) mass is 303 g/mol. The van der Waals surface area contributed by atoms with Crippen LogP contribution < -0.4 is 0 Å². The third kappa shape index (κ3) is 11.8. The van der Waals surface area contributed by atoms with Gasteiger partial charge in [-0.15, -0.1) is 6.58 Å². The second-order valence-corrected chi connectivity index (χ2v) is 4.65. The van der Waals surface area contributed by atoms with Crippen molar-refractivity contribution in [1.82, 2.24) is 4.90 Å². The second kappa shape index (κ2) is 14.4. The first kappa shape index (κ1) is 18.5. The Hall–Kier alpha value is -0.500. The van der Waals surface area contributed by atoms with E-state index in [1.807, 2.05) is 6.08 Å². The van der Waals surface area contributed by atoms with Crippen molar-refractivity contribution >= 4 is 0 Å². The Balaban J connectivity index is 2.19. The predicted molar refractivity (Wildman–Crippen MR) is 80.7 cm³/mol. The molecule has 1 saturated heterocycles. The van der Waals surface area contributed by atoms with E-state index < -0.39 is 0 Å². The fourth-order valence-corrected chi connectivity index (χ4v) is 1.85. The van der Waals surface area contributed by atoms with Crippen LogP contribution in [0.2, 0.25) is 0 Å². The van der Waals surface area contributed by atoms with Crippen molar-refractivity contribution < 1.29 is 23.7 Å². The molecule has 0 saturated carbocycles. The summed E-state index contributed by atoms with van der Waals surface area (Å²) in [4.78, 5) is 2.26. The maximum atomic E-state index is 5.55. The molecule has 0 radical (unpaired) electrons. The van der Waals surface area contributed by atoms with Gasteiger partial charge in [0.15, 0.2) is 0 Å². The molecule has 1 fully saturated rings. The van der Waals surface area contributed by atoms with Gasteiger partial charge in [-0.3, -0.25) is 4.90 Å². The predicted octanol–water partition coefficient (Wildman–Crippen LogP) is 0.571. The largest absolute Gasteiger partial charge is 0.378 e. The molecule has 6 nitrogen and oxygen atoms in total. The molecule has 0 unspecified atom stereocenters. The molecular formula is C15H29NO5. The van der Waals surface area contributed by atoms with Gasteiger partial charge in [0.05, 0.1) is 66.1 Å². The molecule has 1 aliphatic heterocycles. The number of hydrogen-bond acceptors (Lipinski definition) is 6. The van der Waals surface area contributed by atoms with Crippen LogP contribution in [0.1, 0.15) is 0 Å². The lowest BCUT2D eigenvalue weighted by Crippen LogP contribution is -2.31. The van der Waals surface area contributed by atoms with E-state index >= 15 is 0 Å². The molecule has 0 amide bonds. The highest BCUT2D eigenvalue weighted by Crippen LogP contribution is 1.92. The zero-order valence-electron chi connectivity index (χ0n) is 13.0. The summed E-state index contributed by atoms with van der Waals surface area (Å²) in [6, 6.07) is 0. The molecule has 0 bridgehead atoms. The van der Waals surface area contributed by atoms with Crippen LogP contribution in [-0.4, -0.2) is 90.6 Å². The molecule has 0 spiro atoms. The average molecular weight is 303 g/mol. The Labute approximate surface area is 127 Å². The third-order valence-corrected chi connectivity index (χ3v) is 2.98. The molecule has 0 aromatic carbocycles. The topological polar surface area (TPSA) is 49.4 Å². The lowest BCUT2D eigenvalue weighted by atomic mass is 10.4. The summed E-state index contributed by atoms with van der Waals surface area (Å²) in [5.41, 5.74) is 0. The lowest BCUT2D eigenvalue weighted by Gasteiger charge is -2.20. The SMILES string of the molecule is C=CCN1CCOCCOCCOCCOCCOCC1. The van der Waals surface area contributed by atoms with Crippen LogP contribution in [0, 0.1) is 0 Å². The van der Waals surface area contributed by atoms with Gasteiger partial charge in [-0.2, -0.15) is 0 Å². The van der Waals surface area contributed by atoms with E-state index in [2.05, 4.69) is 11.5 Å². The summed E-state index contributed by atoms with van der Waals surface area (Å²) in [7, 11) is 0. The summed E-state index contributed by atoms with van der Waals surface area (Å²) in [5, 5.41) is 0. The molecule has 0 aromatic heterocycles. The zero-order valence-corrected chi connectivity index (χ0v) is 13.0. The molecule has 0 aliphatic carbocycles. The van der Waals surface area contributed by atoms with Gasteiger partial charge in [0.1, 0.15) is 0 Å². The maximum absolute atomic E-state index is 5.55. The normalized spacial score (nSPS) is 23.0. The van der Waals surface area contributed by atoms with Gasteiger partial charge in [0.2, 0.25) is 0 Å². The van der Waals surface area contributed by atoms with Crippen LogP contribution in [0.4, 0.5) is 0 Å². The first-order valence-electron chi connectivity index (χ1n) is 7.65. The van der Waals surface area contributed by atoms with Crippen molar-refractivity contribution in [2.45, 2.75) is 0 Å². The minimum absolute atomic E-state index is 0.590. The van der Waals surface area contributed by atoms with Crippen molar-refractivity contribution in [2.75, 3.05) is 85.7 Å². The molecule has 0 aromatic rings. The van der Waals surface area contributed by atoms with E-state index in [9.17, 15) is 0 Å². The lowest BCUT2D eigenvalue weighted by molar-refractivity contribution is -0.0179. The van der Waals surface area contributed by atoms with Gasteiger partial charge in [-0.05, 0) is 0 Å². The van der Waals surface area contributed by atoms with Crippen LogP contribution in [-0.2, 0) is 23.7 Å². The minimum Gasteiger partial charge on any atom is -0.378 e. The molecule has 1 rings (SSSR count). The number of rotatable bonds is 2. The molecule has 124 valence electrons. The second-order valence-electron chi connectivity index (χ2n) is 4.65. The van der Waals surface area contributed by atoms with Crippen molar-refractivity contribution in [3.05, 3.63) is 12.7 Å². The van der Waals surface area contributed by atoms with Gasteiger partial charge in [0, 0.05) is 19.6 Å². The first-order chi connectivity index (χ1) is 10.4. The van der Waals surface area contributed by atoms with Gasteiger partial charge in [-0.1, -0.05) is 6.08 Å². The zero-order chi connectivity index (χ0) is 15.0. The van der Waals surface area contributed by atoms with Gasteiger partial charge in [-0.25, -0.2) is 0 Å². The number of ether oxygens (including phenoxy) is 5. The minimum atomic E-state index is 0.590. The van der Waals surface area contributed by atoms with E-state index in [1.54, 1.807) is 0 Å². The molecule has 21 heavy (non-hydrogen) atoms. The smallest absolute Gasteiger partial charge is 0.0701 e. The van der Waals surface area contributed by atoms with Crippen molar-refractivity contribution in [3.8, 4) is 0 Å². The van der Waals surface area contributed by atoms with Crippen LogP contribution in [0.25, 0.3) is 0 Å². The fraction of sp³-hybridized carbons (Fsp3) is 0.867. The van der Waals surface area contributed by atoms with E-state index in [1.165, 1.54) is 0 Å². The summed E-state index contributed by atoms with van der Waals surface area (Å²) in [6.45, 7) is 12.5. The molecule has 1 heterocycles. The molecule has 1 aliphatic rings. The first-order valence-corrected chi connectivity index (χ1v) is 7.65. The Bertz CT molecular complexity index is 222. The Morgan fingerprint density at radius 3 is 1.29 bits per heavy atom. The summed E-state index contributed by atoms with van der Waals surface area (Å²) in [6.07, 6.45) is 1.90. The molecule has 0 atom stereocenters. The summed E-state index contributed by atoms with van der Waals surface area (Å²) in [5.74, 6) is 0. The molecule has 0 N–H and O–H groups in total. The third-order valence-electron chi connectivity index (χ3n) is 2.98. The standard InChI is InChI=1S/C15H29NO5/c1-2-3-16-4-6-17-8-10-19-12-14-21-15-13-20-11-9-18-7-5-16/h2H,1,3-15H2. The van der Waals surface area contributed by atoms with Crippen LogP contribution in [0.5, 0.6) is 0 Å². The molecular weight excluding hydrogens is 274 g/mol. The molecule has 6 heteroatoms. The van der Waals surface area contributed by atoms with E-state index in [-0.39, 0.29) is 0 Å². The Kier molecular flexibility index (Phi) is 12.8. The maximum Gasteiger partial charge on any atom is 0.0701 e. The number of hydrogen-bond donors (Lipinski definition) is 0. The highest BCUT2D eigenvalue weighted by atomic mass is 16.6. The van der Waals surface area contributed by atoms with Gasteiger partial charge < -0.3 is 23.7 Å². The quantitative estimate of drug-likeness (QED) is 0.695. The van der Waals surface area contributed by atoms with E-state index in [4.69, 9.17) is 23.7 Å². The van der Waals surface area contributed by atoms with Gasteiger partial charge >= 0.3 is 0 Å². The average Bonchev–Trinajstić information content (AvgIpc) is 2.49. The number of nitrogens with zero attached hydrogens (tertiary/aromatic N) is 1. The fourth-order valence-electron chi connectivity index (χ4n) is 1.85. The van der Waals surface area contributed by atoms with Crippen molar-refractivity contribution in [1.29, 1.82) is 0 Å². The highest BCUT2D eigenvalue weighted by molar-refractivity contribution is 4.73. The van der Waals surface area contributed by atoms with Gasteiger partial charge in [0.25, 0.3) is 0 Å². The van der Waals surface area contributed by atoms with Crippen LogP contribution in [0.3, 0.4) is 0 Å². The summed E-state index contributed by atoms with van der Waals surface area (Å²) < 4.78 is 27.3. The van der Waals surface area contributed by atoms with Crippen molar-refractivity contribution in [2.24, 2.45) is 0 Å².